The molecule has 23 heavy (non-hydrogen) atoms. The van der Waals surface area contributed by atoms with E-state index in [1.54, 1.807) is 18.2 Å². The van der Waals surface area contributed by atoms with E-state index in [-0.39, 0.29) is 17.8 Å². The molecule has 122 valence electrons. The first-order valence-corrected chi connectivity index (χ1v) is 7.45. The van der Waals surface area contributed by atoms with Crippen LogP contribution < -0.4 is 5.32 Å². The molecule has 6 nitrogen and oxygen atoms in total. The predicted molar refractivity (Wildman–Crippen MR) is 84.6 cm³/mol. The molecule has 0 saturated carbocycles. The van der Waals surface area contributed by atoms with E-state index in [0.29, 0.717) is 36.8 Å². The molecule has 1 aromatic carbocycles. The van der Waals surface area contributed by atoms with E-state index in [2.05, 4.69) is 15.5 Å². The number of nitrogens with zero attached hydrogens (tertiary/aromatic N) is 2. The highest BCUT2D eigenvalue weighted by atomic mass is 19.1. The molecule has 2 aromatic rings. The van der Waals surface area contributed by atoms with Crippen LogP contribution in [0.1, 0.15) is 5.56 Å². The van der Waals surface area contributed by atoms with Gasteiger partial charge in [0.1, 0.15) is 11.9 Å². The van der Waals surface area contributed by atoms with Crippen LogP contribution >= 0.6 is 0 Å². The minimum absolute atomic E-state index is 0.185. The van der Waals surface area contributed by atoms with Crippen LogP contribution in [0, 0.1) is 12.7 Å². The van der Waals surface area contributed by atoms with E-state index in [1.807, 2.05) is 18.9 Å². The molecular weight excluding hydrogens is 299 g/mol. The number of hydrogen-bond acceptors (Lipinski definition) is 4. The maximum absolute atomic E-state index is 13.9. The lowest BCUT2D eigenvalue weighted by atomic mass is 10.1. The van der Waals surface area contributed by atoms with E-state index >= 15 is 0 Å². The van der Waals surface area contributed by atoms with Gasteiger partial charge >= 0.3 is 0 Å². The van der Waals surface area contributed by atoms with Gasteiger partial charge in [-0.05, 0) is 26.1 Å². The number of rotatable bonds is 3. The Morgan fingerprint density at radius 2 is 2.30 bits per heavy atom. The Balaban J connectivity index is 1.74. The first-order chi connectivity index (χ1) is 11.0. The number of aromatic amines is 1. The van der Waals surface area contributed by atoms with Crippen molar-refractivity contribution in [3.05, 3.63) is 35.6 Å². The van der Waals surface area contributed by atoms with Crippen molar-refractivity contribution >= 4 is 11.7 Å². The SMILES string of the molecule is Cc1ccc(F)c(-c2cc(NC(=O)[C@@H]3COCCN3C)n[nH]2)c1. The summed E-state index contributed by atoms with van der Waals surface area (Å²) >= 11 is 0. The average molecular weight is 318 g/mol. The molecule has 3 rings (SSSR count). The van der Waals surface area contributed by atoms with Gasteiger partial charge in [-0.15, -0.1) is 0 Å². The second-order valence-electron chi connectivity index (χ2n) is 5.71. The van der Waals surface area contributed by atoms with E-state index in [4.69, 9.17) is 4.74 Å². The van der Waals surface area contributed by atoms with E-state index in [1.165, 1.54) is 6.07 Å². The van der Waals surface area contributed by atoms with Crippen molar-refractivity contribution < 1.29 is 13.9 Å². The molecule has 0 radical (unpaired) electrons. The number of halogens is 1. The summed E-state index contributed by atoms with van der Waals surface area (Å²) in [6.45, 7) is 3.57. The molecule has 1 aromatic heterocycles. The van der Waals surface area contributed by atoms with Gasteiger partial charge in [-0.2, -0.15) is 5.10 Å². The number of H-pyrrole nitrogens is 1. The number of hydrogen-bond donors (Lipinski definition) is 2. The van der Waals surface area contributed by atoms with Crippen LogP contribution in [0.15, 0.2) is 24.3 Å². The number of anilines is 1. The summed E-state index contributed by atoms with van der Waals surface area (Å²) in [6.07, 6.45) is 0. The molecule has 1 fully saturated rings. The summed E-state index contributed by atoms with van der Waals surface area (Å²) in [6, 6.07) is 6.13. The molecule has 0 unspecified atom stereocenters. The van der Waals surface area contributed by atoms with Gasteiger partial charge in [-0.3, -0.25) is 14.8 Å². The van der Waals surface area contributed by atoms with Gasteiger partial charge in [0.15, 0.2) is 5.82 Å². The van der Waals surface area contributed by atoms with Crippen LogP contribution in [0.4, 0.5) is 10.2 Å². The smallest absolute Gasteiger partial charge is 0.245 e. The maximum Gasteiger partial charge on any atom is 0.245 e. The minimum Gasteiger partial charge on any atom is -0.378 e. The standard InChI is InChI=1S/C16H19FN4O2/c1-10-3-4-12(17)11(7-10)13-8-15(20-19-13)18-16(22)14-9-23-6-5-21(14)2/h3-4,7-8,14H,5-6,9H2,1-2H3,(H2,18,19,20,22)/t14-/m0/s1. The van der Waals surface area contributed by atoms with Crippen molar-refractivity contribution in [2.75, 3.05) is 32.1 Å². The first kappa shape index (κ1) is 15.6. The zero-order valence-corrected chi connectivity index (χ0v) is 13.1. The largest absolute Gasteiger partial charge is 0.378 e. The van der Waals surface area contributed by atoms with Gasteiger partial charge in [-0.1, -0.05) is 11.6 Å². The Morgan fingerprint density at radius 1 is 1.48 bits per heavy atom. The molecule has 1 aliphatic rings. The third-order valence-electron chi connectivity index (χ3n) is 3.94. The molecule has 0 bridgehead atoms. The van der Waals surface area contributed by atoms with Crippen LogP contribution in [0.25, 0.3) is 11.3 Å². The van der Waals surface area contributed by atoms with Crippen LogP contribution in [-0.4, -0.2) is 53.9 Å². The molecule has 0 aliphatic carbocycles. The number of ether oxygens (including phenoxy) is 1. The van der Waals surface area contributed by atoms with Gasteiger partial charge in [0.2, 0.25) is 5.91 Å². The number of aromatic nitrogens is 2. The number of aryl methyl sites for hydroxylation is 1. The second-order valence-corrected chi connectivity index (χ2v) is 5.71. The highest BCUT2D eigenvalue weighted by Gasteiger charge is 2.27. The van der Waals surface area contributed by atoms with Crippen molar-refractivity contribution in [2.24, 2.45) is 0 Å². The monoisotopic (exact) mass is 318 g/mol. The van der Waals surface area contributed by atoms with Gasteiger partial charge in [-0.25, -0.2) is 4.39 Å². The Morgan fingerprint density at radius 3 is 3.09 bits per heavy atom. The zero-order valence-electron chi connectivity index (χ0n) is 13.1. The summed E-state index contributed by atoms with van der Waals surface area (Å²) in [5, 5.41) is 9.54. The predicted octanol–water partition coefficient (Wildman–Crippen LogP) is 1.79. The second kappa shape index (κ2) is 6.47. The summed E-state index contributed by atoms with van der Waals surface area (Å²) in [7, 11) is 1.88. The topological polar surface area (TPSA) is 70.2 Å². The van der Waals surface area contributed by atoms with Crippen molar-refractivity contribution in [3.63, 3.8) is 0 Å². The third kappa shape index (κ3) is 3.40. The fraction of sp³-hybridized carbons (Fsp3) is 0.375. The highest BCUT2D eigenvalue weighted by Crippen LogP contribution is 2.24. The number of amides is 1. The fourth-order valence-electron chi connectivity index (χ4n) is 2.54. The van der Waals surface area contributed by atoms with Crippen LogP contribution in [0.5, 0.6) is 0 Å². The van der Waals surface area contributed by atoms with Crippen molar-refractivity contribution in [1.82, 2.24) is 15.1 Å². The normalized spacial score (nSPS) is 18.8. The average Bonchev–Trinajstić information content (AvgIpc) is 2.98. The van der Waals surface area contributed by atoms with E-state index in [9.17, 15) is 9.18 Å². The molecule has 2 heterocycles. The Kier molecular flexibility index (Phi) is 4.40. The lowest BCUT2D eigenvalue weighted by molar-refractivity contribution is -0.126. The summed E-state index contributed by atoms with van der Waals surface area (Å²) in [5.74, 6) is -0.155. The molecule has 1 saturated heterocycles. The fourth-order valence-corrected chi connectivity index (χ4v) is 2.54. The van der Waals surface area contributed by atoms with Gasteiger partial charge < -0.3 is 10.1 Å². The lowest BCUT2D eigenvalue weighted by Gasteiger charge is -2.30. The third-order valence-corrected chi connectivity index (χ3v) is 3.94. The number of benzene rings is 1. The molecular formula is C16H19FN4O2. The Labute approximate surface area is 133 Å². The molecule has 1 atom stereocenters. The zero-order chi connectivity index (χ0) is 16.4. The number of carbonyl (C=O) groups excluding carboxylic acids is 1. The van der Waals surface area contributed by atoms with Gasteiger partial charge in [0, 0.05) is 18.2 Å². The molecule has 2 N–H and O–H groups in total. The van der Waals surface area contributed by atoms with Crippen LogP contribution in [0.2, 0.25) is 0 Å². The number of likely N-dealkylation sites (N-methyl/N-ethyl adjacent to an activating group) is 1. The van der Waals surface area contributed by atoms with Crippen LogP contribution in [0.3, 0.4) is 0 Å². The van der Waals surface area contributed by atoms with Crippen LogP contribution in [-0.2, 0) is 9.53 Å². The van der Waals surface area contributed by atoms with Crippen molar-refractivity contribution in [3.8, 4) is 11.3 Å². The number of morpholine rings is 1. The maximum atomic E-state index is 13.9. The molecule has 7 heteroatoms. The van der Waals surface area contributed by atoms with Crippen molar-refractivity contribution in [1.29, 1.82) is 0 Å². The first-order valence-electron chi connectivity index (χ1n) is 7.45. The minimum atomic E-state index is -0.348. The Hall–Kier alpha value is -2.25. The number of nitrogens with one attached hydrogen (secondary N) is 2. The van der Waals surface area contributed by atoms with Crippen molar-refractivity contribution in [2.45, 2.75) is 13.0 Å². The quantitative estimate of drug-likeness (QED) is 0.905. The summed E-state index contributed by atoms with van der Waals surface area (Å²) in [5.41, 5.74) is 1.90. The van der Waals surface area contributed by atoms with E-state index < -0.39 is 0 Å². The highest BCUT2D eigenvalue weighted by molar-refractivity contribution is 5.94. The summed E-state index contributed by atoms with van der Waals surface area (Å²) in [4.78, 5) is 14.2. The number of carbonyl (C=O) groups is 1. The summed E-state index contributed by atoms with van der Waals surface area (Å²) < 4.78 is 19.2. The van der Waals surface area contributed by atoms with Gasteiger partial charge in [0.05, 0.1) is 18.9 Å². The van der Waals surface area contributed by atoms with Gasteiger partial charge in [0.25, 0.3) is 0 Å². The van der Waals surface area contributed by atoms with E-state index in [0.717, 1.165) is 5.56 Å². The molecule has 0 spiro atoms. The lowest BCUT2D eigenvalue weighted by Crippen LogP contribution is -2.49. The molecule has 1 amide bonds. The molecule has 1 aliphatic heterocycles. The Bertz CT molecular complexity index is 716.